The maximum absolute atomic E-state index is 9.85. The van der Waals surface area contributed by atoms with Crippen LogP contribution in [-0.4, -0.2) is 24.3 Å². The molecule has 0 rings (SSSR count). The summed E-state index contributed by atoms with van der Waals surface area (Å²) >= 11 is 0. The van der Waals surface area contributed by atoms with Crippen molar-refractivity contribution in [3.05, 3.63) is 45.4 Å². The molecule has 0 bridgehead atoms. The smallest absolute Gasteiger partial charge is 0.328 e. The van der Waals surface area contributed by atoms with E-state index in [4.69, 9.17) is 5.11 Å². The van der Waals surface area contributed by atoms with Gasteiger partial charge in [0.25, 0.3) is 0 Å². The van der Waals surface area contributed by atoms with Gasteiger partial charge in [-0.2, -0.15) is 0 Å². The van der Waals surface area contributed by atoms with Gasteiger partial charge in [-0.25, -0.2) is 4.79 Å². The summed E-state index contributed by atoms with van der Waals surface area (Å²) in [5, 5.41) is 8.09. The van der Waals surface area contributed by atoms with Crippen LogP contribution >= 0.6 is 0 Å². The molecule has 0 aliphatic rings. The van der Waals surface area contributed by atoms with Gasteiger partial charge < -0.3 is 9.84 Å². The molecule has 1 unspecified atom stereocenters. The lowest BCUT2D eigenvalue weighted by molar-refractivity contribution is -0.131. The third kappa shape index (κ3) is 25.0. The normalized spacial score (nSPS) is 10.3. The molecule has 0 spiro atoms. The number of rotatable bonds is 3. The maximum atomic E-state index is 9.85. The molecule has 13 heavy (non-hydrogen) atoms. The van der Waals surface area contributed by atoms with Gasteiger partial charge in [-0.1, -0.05) is 0 Å². The Balaban J connectivity index is -0.000000218. The van der Waals surface area contributed by atoms with Crippen LogP contribution in [0, 0.1) is 6.92 Å². The fraction of sp³-hybridized carbons (Fsp3) is 0.200. The molecule has 0 heterocycles. The maximum Gasteiger partial charge on any atom is 0.328 e. The molecule has 0 aliphatic carbocycles. The van der Waals surface area contributed by atoms with Gasteiger partial charge in [-0.05, 0) is 13.0 Å². The van der Waals surface area contributed by atoms with E-state index in [1.54, 1.807) is 0 Å². The Hall–Kier alpha value is -1.35. The van der Waals surface area contributed by atoms with Gasteiger partial charge >= 0.3 is 5.97 Å². The number of methoxy groups -OCH3 is 1. The largest absolute Gasteiger partial charge is 0.478 e. The standard InChI is InChI=1S/C6H9O3.2C2H4/c1-5(9-2)3-4-6(7)8;2*1-2/h3-5H,1H2,2H3,(H,7,8);2*1-2H2. The predicted octanol–water partition coefficient (Wildman–Crippen LogP) is 2.08. The van der Waals surface area contributed by atoms with Crippen molar-refractivity contribution in [1.82, 2.24) is 0 Å². The van der Waals surface area contributed by atoms with E-state index in [9.17, 15) is 4.79 Å². The molecule has 3 nitrogen and oxygen atoms in total. The first-order valence-electron chi connectivity index (χ1n) is 3.44. The average Bonchev–Trinajstić information content (AvgIpc) is 2.20. The van der Waals surface area contributed by atoms with Crippen LogP contribution in [0.25, 0.3) is 0 Å². The van der Waals surface area contributed by atoms with E-state index in [1.807, 2.05) is 0 Å². The number of hydrogen-bond donors (Lipinski definition) is 1. The molecule has 0 aromatic rings. The van der Waals surface area contributed by atoms with Gasteiger partial charge in [0.05, 0.1) is 6.10 Å². The van der Waals surface area contributed by atoms with Crippen molar-refractivity contribution in [2.24, 2.45) is 0 Å². The Kier molecular flexibility index (Phi) is 23.0. The first kappa shape index (κ1) is 17.7. The summed E-state index contributed by atoms with van der Waals surface area (Å²) in [5.74, 6) is -0.985. The Morgan fingerprint density at radius 2 is 1.77 bits per heavy atom. The number of carboxylic acid groups (broad SMARTS) is 1. The highest BCUT2D eigenvalue weighted by Gasteiger charge is 1.91. The van der Waals surface area contributed by atoms with Crippen molar-refractivity contribution in [3.8, 4) is 0 Å². The van der Waals surface area contributed by atoms with Gasteiger partial charge in [0.2, 0.25) is 0 Å². The van der Waals surface area contributed by atoms with Crippen LogP contribution in [0.4, 0.5) is 0 Å². The zero-order valence-corrected chi connectivity index (χ0v) is 8.03. The van der Waals surface area contributed by atoms with Gasteiger partial charge in [0, 0.05) is 13.2 Å². The van der Waals surface area contributed by atoms with Gasteiger partial charge in [-0.3, -0.25) is 0 Å². The molecule has 0 fully saturated rings. The van der Waals surface area contributed by atoms with Crippen LogP contribution in [0.1, 0.15) is 0 Å². The van der Waals surface area contributed by atoms with Crippen LogP contribution in [0.5, 0.6) is 0 Å². The Bertz CT molecular complexity index is 139. The highest BCUT2D eigenvalue weighted by Crippen LogP contribution is 1.87. The van der Waals surface area contributed by atoms with Crippen LogP contribution in [0.2, 0.25) is 0 Å². The first-order valence-corrected chi connectivity index (χ1v) is 3.44. The summed E-state index contributed by atoms with van der Waals surface area (Å²) in [4.78, 5) is 9.85. The van der Waals surface area contributed by atoms with Crippen LogP contribution in [0.3, 0.4) is 0 Å². The number of hydrogen-bond acceptors (Lipinski definition) is 2. The highest BCUT2D eigenvalue weighted by atomic mass is 16.5. The molecular formula is C10H17O3. The summed E-state index contributed by atoms with van der Waals surface area (Å²) in [6.45, 7) is 15.5. The van der Waals surface area contributed by atoms with Gasteiger partial charge in [0.1, 0.15) is 0 Å². The van der Waals surface area contributed by atoms with E-state index in [1.165, 1.54) is 13.2 Å². The molecule has 0 saturated carbocycles. The van der Waals surface area contributed by atoms with E-state index in [0.29, 0.717) is 0 Å². The average molecular weight is 185 g/mol. The lowest BCUT2D eigenvalue weighted by Crippen LogP contribution is -2.01. The van der Waals surface area contributed by atoms with Gasteiger partial charge in [0.15, 0.2) is 0 Å². The Morgan fingerprint density at radius 3 is 2.00 bits per heavy atom. The van der Waals surface area contributed by atoms with Crippen molar-refractivity contribution in [2.45, 2.75) is 6.10 Å². The Labute approximate surface area is 80.0 Å². The van der Waals surface area contributed by atoms with Crippen molar-refractivity contribution in [3.63, 3.8) is 0 Å². The Morgan fingerprint density at radius 1 is 1.38 bits per heavy atom. The van der Waals surface area contributed by atoms with E-state index >= 15 is 0 Å². The highest BCUT2D eigenvalue weighted by molar-refractivity contribution is 5.79. The molecule has 1 N–H and O–H groups in total. The molecule has 0 aromatic carbocycles. The number of carbonyl (C=O) groups is 1. The van der Waals surface area contributed by atoms with E-state index < -0.39 is 5.97 Å². The second-order valence-corrected chi connectivity index (χ2v) is 1.47. The molecule has 1 atom stereocenters. The number of ether oxygens (including phenoxy) is 1. The van der Waals surface area contributed by atoms with Crippen molar-refractivity contribution >= 4 is 5.97 Å². The lowest BCUT2D eigenvalue weighted by atomic mass is 10.3. The van der Waals surface area contributed by atoms with Crippen molar-refractivity contribution in [1.29, 1.82) is 0 Å². The van der Waals surface area contributed by atoms with Crippen molar-refractivity contribution in [2.75, 3.05) is 7.11 Å². The summed E-state index contributed by atoms with van der Waals surface area (Å²) in [5.41, 5.74) is 0. The SMILES string of the molecule is C=C.C=C.[CH2]C(C=CC(=O)O)OC. The van der Waals surface area contributed by atoms with Gasteiger partial charge in [-0.15, -0.1) is 26.3 Å². The summed E-state index contributed by atoms with van der Waals surface area (Å²) in [6, 6.07) is 0. The fourth-order valence-electron chi connectivity index (χ4n) is 0.268. The zero-order chi connectivity index (χ0) is 11.3. The van der Waals surface area contributed by atoms with E-state index in [2.05, 4.69) is 38.0 Å². The molecule has 1 radical (unpaired) electrons. The minimum atomic E-state index is -0.985. The van der Waals surface area contributed by atoms with E-state index in [0.717, 1.165) is 6.08 Å². The van der Waals surface area contributed by atoms with E-state index in [-0.39, 0.29) is 6.10 Å². The number of aliphatic carboxylic acids is 1. The second-order valence-electron chi connectivity index (χ2n) is 1.47. The number of carboxylic acids is 1. The zero-order valence-electron chi connectivity index (χ0n) is 8.03. The topological polar surface area (TPSA) is 46.5 Å². The summed E-state index contributed by atoms with van der Waals surface area (Å²) in [6.07, 6.45) is 1.99. The quantitative estimate of drug-likeness (QED) is 0.541. The molecule has 0 amide bonds. The molecule has 75 valence electrons. The molecule has 3 heteroatoms. The predicted molar refractivity (Wildman–Crippen MR) is 55.4 cm³/mol. The first-order chi connectivity index (χ1) is 6.16. The summed E-state index contributed by atoms with van der Waals surface area (Å²) in [7, 11) is 1.46. The third-order valence-corrected chi connectivity index (χ3v) is 0.756. The second kappa shape index (κ2) is 16.9. The van der Waals surface area contributed by atoms with Crippen LogP contribution in [0.15, 0.2) is 38.5 Å². The monoisotopic (exact) mass is 185 g/mol. The molecular weight excluding hydrogens is 168 g/mol. The minimum absolute atomic E-state index is 0.374. The van der Waals surface area contributed by atoms with Crippen LogP contribution in [-0.2, 0) is 9.53 Å². The fourth-order valence-corrected chi connectivity index (χ4v) is 0.268. The molecule has 0 aromatic heterocycles. The third-order valence-electron chi connectivity index (χ3n) is 0.756. The molecule has 0 aliphatic heterocycles. The minimum Gasteiger partial charge on any atom is -0.478 e. The molecule has 0 saturated heterocycles. The van der Waals surface area contributed by atoms with Crippen molar-refractivity contribution < 1.29 is 14.6 Å². The lowest BCUT2D eigenvalue weighted by Gasteiger charge is -1.98. The summed E-state index contributed by atoms with van der Waals surface area (Å²) < 4.78 is 4.64. The van der Waals surface area contributed by atoms with Crippen LogP contribution < -0.4 is 0 Å².